The first-order valence-electron chi connectivity index (χ1n) is 5.42. The summed E-state index contributed by atoms with van der Waals surface area (Å²) < 4.78 is 11.0. The van der Waals surface area contributed by atoms with Crippen LogP contribution >= 0.6 is 0 Å². The lowest BCUT2D eigenvalue weighted by molar-refractivity contribution is -0.137. The minimum Gasteiger partial charge on any atom is -0.481 e. The quantitative estimate of drug-likeness (QED) is 0.545. The smallest absolute Gasteiger partial charge is 0.303 e. The normalized spacial score (nSPS) is 15.9. The Morgan fingerprint density at radius 3 is 2.47 bits per heavy atom. The number of amides is 1. The zero-order valence-corrected chi connectivity index (χ0v) is 11.0. The van der Waals surface area contributed by atoms with E-state index in [0.29, 0.717) is 13.0 Å². The van der Waals surface area contributed by atoms with Crippen LogP contribution in [-0.4, -0.2) is 45.3 Å². The van der Waals surface area contributed by atoms with Crippen molar-refractivity contribution in [1.29, 1.82) is 0 Å². The van der Waals surface area contributed by atoms with Gasteiger partial charge in [-0.1, -0.05) is 6.92 Å². The number of hydrogen-bond donors (Lipinski definition) is 3. The molecule has 6 nitrogen and oxygen atoms in total. The van der Waals surface area contributed by atoms with E-state index in [2.05, 4.69) is 5.32 Å². The first-order valence-corrected chi connectivity index (χ1v) is 7.04. The maximum absolute atomic E-state index is 11.4. The van der Waals surface area contributed by atoms with Gasteiger partial charge in [0.1, 0.15) is 0 Å². The molecule has 0 aromatic rings. The molecule has 0 rings (SSSR count). The average molecular weight is 264 g/mol. The number of nitrogens with one attached hydrogen (secondary N) is 1. The van der Waals surface area contributed by atoms with Crippen LogP contribution in [0.25, 0.3) is 0 Å². The third-order valence-electron chi connectivity index (χ3n) is 2.42. The van der Waals surface area contributed by atoms with Gasteiger partial charge in [-0.25, -0.2) is 0 Å². The monoisotopic (exact) mass is 264 g/mol. The van der Waals surface area contributed by atoms with E-state index >= 15 is 0 Å². The van der Waals surface area contributed by atoms with E-state index in [4.69, 9.17) is 10.8 Å². The highest BCUT2D eigenvalue weighted by Crippen LogP contribution is 1.98. The molecule has 3 unspecified atom stereocenters. The van der Waals surface area contributed by atoms with E-state index in [1.165, 1.54) is 0 Å². The minimum atomic E-state index is -0.969. The number of carboxylic acid groups (broad SMARTS) is 1. The molecule has 7 heteroatoms. The Labute approximate surface area is 103 Å². The molecule has 0 aliphatic carbocycles. The lowest BCUT2D eigenvalue weighted by Gasteiger charge is -2.12. The molecule has 3 atom stereocenters. The van der Waals surface area contributed by atoms with Crippen LogP contribution in [0.2, 0.25) is 0 Å². The van der Waals surface area contributed by atoms with E-state index in [9.17, 15) is 13.8 Å². The van der Waals surface area contributed by atoms with Crippen LogP contribution in [0, 0.1) is 0 Å². The predicted molar refractivity (Wildman–Crippen MR) is 66.0 cm³/mol. The summed E-state index contributed by atoms with van der Waals surface area (Å²) in [6.07, 6.45) is 2.23. The fraction of sp³-hybridized carbons (Fsp3) is 0.800. The van der Waals surface area contributed by atoms with Gasteiger partial charge in [0.05, 0.1) is 6.04 Å². The fourth-order valence-corrected chi connectivity index (χ4v) is 1.56. The van der Waals surface area contributed by atoms with E-state index in [1.54, 1.807) is 6.26 Å². The Bertz CT molecular complexity index is 296. The van der Waals surface area contributed by atoms with Crippen molar-refractivity contribution in [3.63, 3.8) is 0 Å². The number of carbonyl (C=O) groups excluding carboxylic acids is 1. The Morgan fingerprint density at radius 1 is 1.41 bits per heavy atom. The molecule has 0 bridgehead atoms. The maximum atomic E-state index is 11.4. The standard InChI is InChI=1S/C10H20N2O4S/c1-7(17(2)16)5-6-12-10(15)8(11)3-4-9(13)14/h7-8H,3-6,11H2,1-2H3,(H,12,15)(H,13,14). The van der Waals surface area contributed by atoms with Gasteiger partial charge in [-0.05, 0) is 12.8 Å². The first kappa shape index (κ1) is 16.1. The number of aliphatic carboxylic acids is 1. The van der Waals surface area contributed by atoms with Crippen molar-refractivity contribution in [2.45, 2.75) is 37.5 Å². The molecule has 0 saturated carbocycles. The fourth-order valence-electron chi connectivity index (χ4n) is 1.11. The molecule has 0 aliphatic heterocycles. The van der Waals surface area contributed by atoms with Gasteiger partial charge in [0.15, 0.2) is 0 Å². The Balaban J connectivity index is 3.78. The molecule has 0 radical (unpaired) electrons. The minimum absolute atomic E-state index is 0.0190. The van der Waals surface area contributed by atoms with Crippen molar-refractivity contribution in [2.24, 2.45) is 5.73 Å². The SMILES string of the molecule is CC(CCNC(=O)C(N)CCC(=O)O)S(C)=O. The van der Waals surface area contributed by atoms with E-state index in [-0.39, 0.29) is 24.0 Å². The van der Waals surface area contributed by atoms with Crippen molar-refractivity contribution < 1.29 is 18.9 Å². The largest absolute Gasteiger partial charge is 0.481 e. The third-order valence-corrected chi connectivity index (χ3v) is 3.79. The van der Waals surface area contributed by atoms with Gasteiger partial charge in [0, 0.05) is 35.3 Å². The van der Waals surface area contributed by atoms with Crippen LogP contribution in [0.3, 0.4) is 0 Å². The summed E-state index contributed by atoms with van der Waals surface area (Å²) in [5.74, 6) is -1.33. The molecule has 0 aliphatic rings. The van der Waals surface area contributed by atoms with Crippen molar-refractivity contribution in [3.8, 4) is 0 Å². The Kier molecular flexibility index (Phi) is 7.73. The lowest BCUT2D eigenvalue weighted by Crippen LogP contribution is -2.41. The van der Waals surface area contributed by atoms with Crippen LogP contribution < -0.4 is 11.1 Å². The molecule has 4 N–H and O–H groups in total. The molecule has 17 heavy (non-hydrogen) atoms. The van der Waals surface area contributed by atoms with Crippen LogP contribution in [-0.2, 0) is 20.4 Å². The summed E-state index contributed by atoms with van der Waals surface area (Å²) in [7, 11) is -0.906. The highest BCUT2D eigenvalue weighted by atomic mass is 32.2. The molecule has 100 valence electrons. The number of nitrogens with two attached hydrogens (primary N) is 1. The predicted octanol–water partition coefficient (Wildman–Crippen LogP) is -0.548. The summed E-state index contributed by atoms with van der Waals surface area (Å²) in [4.78, 5) is 21.7. The summed E-state index contributed by atoms with van der Waals surface area (Å²) in [5.41, 5.74) is 5.51. The van der Waals surface area contributed by atoms with Gasteiger partial charge in [-0.15, -0.1) is 0 Å². The second-order valence-corrected chi connectivity index (χ2v) is 5.73. The van der Waals surface area contributed by atoms with Crippen molar-refractivity contribution in [1.82, 2.24) is 5.32 Å². The Morgan fingerprint density at radius 2 is 2.00 bits per heavy atom. The second kappa shape index (κ2) is 8.19. The Hall–Kier alpha value is -0.950. The topological polar surface area (TPSA) is 109 Å². The van der Waals surface area contributed by atoms with E-state index < -0.39 is 22.8 Å². The molecule has 0 spiro atoms. The van der Waals surface area contributed by atoms with Gasteiger partial charge in [-0.3, -0.25) is 13.8 Å². The van der Waals surface area contributed by atoms with Crippen LogP contribution in [0.5, 0.6) is 0 Å². The molecule has 0 saturated heterocycles. The molecule has 0 aromatic heterocycles. The molecule has 0 heterocycles. The number of carboxylic acids is 1. The van der Waals surface area contributed by atoms with E-state index in [0.717, 1.165) is 0 Å². The molecular weight excluding hydrogens is 244 g/mol. The second-order valence-electron chi connectivity index (χ2n) is 3.93. The molecule has 0 aromatic carbocycles. The third kappa shape index (κ3) is 7.87. The molecular formula is C10H20N2O4S. The van der Waals surface area contributed by atoms with Crippen molar-refractivity contribution in [3.05, 3.63) is 0 Å². The van der Waals surface area contributed by atoms with Gasteiger partial charge in [-0.2, -0.15) is 0 Å². The average Bonchev–Trinajstić information content (AvgIpc) is 2.25. The van der Waals surface area contributed by atoms with Gasteiger partial charge >= 0.3 is 5.97 Å². The summed E-state index contributed by atoms with van der Waals surface area (Å²) in [6, 6.07) is -0.798. The first-order chi connectivity index (χ1) is 7.84. The van der Waals surface area contributed by atoms with Crippen molar-refractivity contribution >= 4 is 22.7 Å². The summed E-state index contributed by atoms with van der Waals surface area (Å²) >= 11 is 0. The number of hydrogen-bond acceptors (Lipinski definition) is 4. The van der Waals surface area contributed by atoms with Crippen LogP contribution in [0.1, 0.15) is 26.2 Å². The van der Waals surface area contributed by atoms with Crippen molar-refractivity contribution in [2.75, 3.05) is 12.8 Å². The number of rotatable bonds is 8. The molecule has 0 fully saturated rings. The van der Waals surface area contributed by atoms with E-state index in [1.807, 2.05) is 6.92 Å². The maximum Gasteiger partial charge on any atom is 0.303 e. The summed E-state index contributed by atoms with van der Waals surface area (Å²) in [5, 5.41) is 11.1. The number of carbonyl (C=O) groups is 2. The molecule has 1 amide bonds. The van der Waals surface area contributed by atoms with Crippen LogP contribution in [0.4, 0.5) is 0 Å². The van der Waals surface area contributed by atoms with Gasteiger partial charge in [0.25, 0.3) is 0 Å². The van der Waals surface area contributed by atoms with Gasteiger partial charge < -0.3 is 16.2 Å². The summed E-state index contributed by atoms with van der Waals surface area (Å²) in [6.45, 7) is 2.24. The zero-order chi connectivity index (χ0) is 13.4. The zero-order valence-electron chi connectivity index (χ0n) is 10.1. The van der Waals surface area contributed by atoms with Crippen LogP contribution in [0.15, 0.2) is 0 Å². The highest BCUT2D eigenvalue weighted by Gasteiger charge is 2.15. The highest BCUT2D eigenvalue weighted by molar-refractivity contribution is 7.84. The lowest BCUT2D eigenvalue weighted by atomic mass is 10.1. The van der Waals surface area contributed by atoms with Gasteiger partial charge in [0.2, 0.25) is 5.91 Å².